The fraction of sp³-hybridized carbons (Fsp3) is 0.417. The Morgan fingerprint density at radius 1 is 1.12 bits per heavy atom. The maximum Gasteiger partial charge on any atom is 0.243 e. The van der Waals surface area contributed by atoms with Gasteiger partial charge in [0.1, 0.15) is 0 Å². The normalized spacial score (nSPS) is 11.9. The molecular weight excluding hydrogens is 456 g/mol. The molecule has 0 spiro atoms. The lowest BCUT2D eigenvalue weighted by atomic mass is 10.1. The molecule has 0 unspecified atom stereocenters. The molecule has 3 rings (SSSR count). The van der Waals surface area contributed by atoms with Gasteiger partial charge >= 0.3 is 0 Å². The second kappa shape index (κ2) is 11.2. The molecule has 1 N–H and O–H groups in total. The zero-order chi connectivity index (χ0) is 24.0. The number of aryl methyl sites for hydroxylation is 2. The third kappa shape index (κ3) is 5.77. The standard InChI is InChI=1S/C24H32N4O3S2/c1-5-27(6-2)33(30,31)20-12-13-22-21(16-20)26-24(28(22)7-3)32-17-23(29)25-15-14-19-11-9-8-10-18(19)4/h8-13,16H,5-7,14-15,17H2,1-4H3,(H,25,29). The summed E-state index contributed by atoms with van der Waals surface area (Å²) in [6.07, 6.45) is 0.792. The molecule has 1 aromatic heterocycles. The van der Waals surface area contributed by atoms with Crippen molar-refractivity contribution in [3.63, 3.8) is 0 Å². The van der Waals surface area contributed by atoms with E-state index in [1.165, 1.54) is 27.2 Å². The summed E-state index contributed by atoms with van der Waals surface area (Å²) in [7, 11) is -3.55. The number of thioether (sulfide) groups is 1. The van der Waals surface area contributed by atoms with E-state index in [9.17, 15) is 13.2 Å². The van der Waals surface area contributed by atoms with Gasteiger partial charge in [0.15, 0.2) is 5.16 Å². The fourth-order valence-corrected chi connectivity index (χ4v) is 6.17. The van der Waals surface area contributed by atoms with E-state index in [1.807, 2.05) is 37.5 Å². The van der Waals surface area contributed by atoms with E-state index in [2.05, 4.69) is 29.4 Å². The molecule has 0 aliphatic carbocycles. The number of aromatic nitrogens is 2. The number of carbonyl (C=O) groups excluding carboxylic acids is 1. The van der Waals surface area contributed by atoms with Crippen molar-refractivity contribution in [2.45, 2.75) is 50.7 Å². The second-order valence-corrected chi connectivity index (χ2v) is 10.6. The van der Waals surface area contributed by atoms with Crippen LogP contribution in [0.1, 0.15) is 31.9 Å². The minimum Gasteiger partial charge on any atom is -0.355 e. The summed E-state index contributed by atoms with van der Waals surface area (Å²) in [5.74, 6) is 0.204. The minimum absolute atomic E-state index is 0.0481. The number of benzene rings is 2. The van der Waals surface area contributed by atoms with Crippen LogP contribution in [-0.4, -0.2) is 53.6 Å². The van der Waals surface area contributed by atoms with E-state index in [0.29, 0.717) is 36.9 Å². The minimum atomic E-state index is -3.55. The third-order valence-electron chi connectivity index (χ3n) is 5.65. The summed E-state index contributed by atoms with van der Waals surface area (Å²) in [5.41, 5.74) is 3.93. The van der Waals surface area contributed by atoms with Gasteiger partial charge in [0, 0.05) is 26.2 Å². The van der Waals surface area contributed by atoms with Gasteiger partial charge in [-0.05, 0) is 49.6 Å². The van der Waals surface area contributed by atoms with Crippen LogP contribution in [-0.2, 0) is 27.8 Å². The van der Waals surface area contributed by atoms with Gasteiger partial charge in [-0.25, -0.2) is 13.4 Å². The smallest absolute Gasteiger partial charge is 0.243 e. The van der Waals surface area contributed by atoms with E-state index < -0.39 is 10.0 Å². The average Bonchev–Trinajstić information content (AvgIpc) is 3.16. The summed E-state index contributed by atoms with van der Waals surface area (Å²) in [5, 5.41) is 3.68. The largest absolute Gasteiger partial charge is 0.355 e. The summed E-state index contributed by atoms with van der Waals surface area (Å²) in [4.78, 5) is 17.3. The molecule has 0 radical (unpaired) electrons. The third-order valence-corrected chi connectivity index (χ3v) is 8.68. The van der Waals surface area contributed by atoms with Gasteiger partial charge < -0.3 is 9.88 Å². The first-order valence-electron chi connectivity index (χ1n) is 11.3. The highest BCUT2D eigenvalue weighted by atomic mass is 32.2. The molecule has 0 fully saturated rings. The maximum atomic E-state index is 12.9. The van der Waals surface area contributed by atoms with Crippen LogP contribution in [0.3, 0.4) is 0 Å². The maximum absolute atomic E-state index is 12.9. The topological polar surface area (TPSA) is 84.3 Å². The summed E-state index contributed by atoms with van der Waals surface area (Å²) < 4.78 is 29.2. The van der Waals surface area contributed by atoms with Crippen molar-refractivity contribution in [1.29, 1.82) is 0 Å². The molecule has 9 heteroatoms. The van der Waals surface area contributed by atoms with Crippen LogP contribution in [0.5, 0.6) is 0 Å². The predicted molar refractivity (Wildman–Crippen MR) is 134 cm³/mol. The molecule has 178 valence electrons. The molecule has 0 bridgehead atoms. The van der Waals surface area contributed by atoms with Gasteiger partial charge in [0.25, 0.3) is 0 Å². The highest BCUT2D eigenvalue weighted by Gasteiger charge is 2.23. The number of hydrogen-bond acceptors (Lipinski definition) is 5. The molecule has 0 aliphatic heterocycles. The predicted octanol–water partition coefficient (Wildman–Crippen LogP) is 3.85. The fourth-order valence-electron chi connectivity index (χ4n) is 3.78. The molecule has 33 heavy (non-hydrogen) atoms. The highest BCUT2D eigenvalue weighted by molar-refractivity contribution is 7.99. The van der Waals surface area contributed by atoms with Crippen LogP contribution in [0.15, 0.2) is 52.5 Å². The van der Waals surface area contributed by atoms with E-state index in [1.54, 1.807) is 18.2 Å². The number of fused-ring (bicyclic) bond motifs is 1. The first-order chi connectivity index (χ1) is 15.8. The van der Waals surface area contributed by atoms with Gasteiger partial charge in [0.05, 0.1) is 21.7 Å². The van der Waals surface area contributed by atoms with Crippen molar-refractivity contribution in [2.24, 2.45) is 0 Å². The van der Waals surface area contributed by atoms with E-state index in [0.717, 1.165) is 11.9 Å². The number of nitrogens with one attached hydrogen (secondary N) is 1. The van der Waals surface area contributed by atoms with Crippen molar-refractivity contribution >= 4 is 38.7 Å². The number of nitrogens with zero attached hydrogens (tertiary/aromatic N) is 3. The molecule has 2 aromatic carbocycles. The number of imidazole rings is 1. The Morgan fingerprint density at radius 3 is 2.52 bits per heavy atom. The van der Waals surface area contributed by atoms with Gasteiger partial charge in [-0.1, -0.05) is 49.9 Å². The monoisotopic (exact) mass is 488 g/mol. The van der Waals surface area contributed by atoms with E-state index in [-0.39, 0.29) is 16.6 Å². The Hall–Kier alpha value is -2.36. The summed E-state index contributed by atoms with van der Waals surface area (Å²) in [6.45, 7) is 9.82. The lowest BCUT2D eigenvalue weighted by Gasteiger charge is -2.18. The summed E-state index contributed by atoms with van der Waals surface area (Å²) in [6, 6.07) is 13.2. The number of rotatable bonds is 11. The molecular formula is C24H32N4O3S2. The van der Waals surface area contributed by atoms with Crippen LogP contribution in [0.4, 0.5) is 0 Å². The Morgan fingerprint density at radius 2 is 1.85 bits per heavy atom. The van der Waals surface area contributed by atoms with Gasteiger partial charge in [-0.15, -0.1) is 0 Å². The van der Waals surface area contributed by atoms with Crippen molar-refractivity contribution in [2.75, 3.05) is 25.4 Å². The lowest BCUT2D eigenvalue weighted by molar-refractivity contribution is -0.118. The van der Waals surface area contributed by atoms with Gasteiger partial charge in [-0.2, -0.15) is 4.31 Å². The van der Waals surface area contributed by atoms with Crippen molar-refractivity contribution in [1.82, 2.24) is 19.2 Å². The molecule has 0 saturated carbocycles. The van der Waals surface area contributed by atoms with Crippen LogP contribution in [0.25, 0.3) is 11.0 Å². The first-order valence-corrected chi connectivity index (χ1v) is 13.7. The SMILES string of the molecule is CCN(CC)S(=O)(=O)c1ccc2c(c1)nc(SCC(=O)NCCc1ccccc1C)n2CC. The Balaban J connectivity index is 1.69. The Kier molecular flexibility index (Phi) is 8.56. The van der Waals surface area contributed by atoms with Gasteiger partial charge in [0.2, 0.25) is 15.9 Å². The zero-order valence-corrected chi connectivity index (χ0v) is 21.3. The number of hydrogen-bond donors (Lipinski definition) is 1. The molecule has 7 nitrogen and oxygen atoms in total. The van der Waals surface area contributed by atoms with Crippen LogP contribution in [0, 0.1) is 6.92 Å². The van der Waals surface area contributed by atoms with Crippen molar-refractivity contribution in [3.8, 4) is 0 Å². The van der Waals surface area contributed by atoms with Crippen molar-refractivity contribution in [3.05, 3.63) is 53.6 Å². The average molecular weight is 489 g/mol. The molecule has 0 aliphatic rings. The van der Waals surface area contributed by atoms with Crippen molar-refractivity contribution < 1.29 is 13.2 Å². The van der Waals surface area contributed by atoms with E-state index >= 15 is 0 Å². The zero-order valence-electron chi connectivity index (χ0n) is 19.7. The highest BCUT2D eigenvalue weighted by Crippen LogP contribution is 2.27. The number of sulfonamides is 1. The molecule has 3 aromatic rings. The van der Waals surface area contributed by atoms with Gasteiger partial charge in [-0.3, -0.25) is 4.79 Å². The number of amides is 1. The Labute approximate surface area is 200 Å². The molecule has 0 atom stereocenters. The summed E-state index contributed by atoms with van der Waals surface area (Å²) >= 11 is 1.36. The molecule has 0 saturated heterocycles. The Bertz CT molecular complexity index is 1220. The second-order valence-electron chi connectivity index (χ2n) is 7.69. The van der Waals surface area contributed by atoms with Crippen LogP contribution >= 0.6 is 11.8 Å². The lowest BCUT2D eigenvalue weighted by Crippen LogP contribution is -2.30. The van der Waals surface area contributed by atoms with Crippen LogP contribution < -0.4 is 5.32 Å². The first kappa shape index (κ1) is 25.3. The molecule has 1 amide bonds. The molecule has 1 heterocycles. The number of carbonyl (C=O) groups is 1. The van der Waals surface area contributed by atoms with E-state index in [4.69, 9.17) is 0 Å². The van der Waals surface area contributed by atoms with Crippen LogP contribution in [0.2, 0.25) is 0 Å². The quantitative estimate of drug-likeness (QED) is 0.415.